The third-order valence-electron chi connectivity index (χ3n) is 5.15. The SMILES string of the molecule is Cc1[nH]c2ccccc2c1C(=O)CSc1nnc(-c2ccco2)n1Cc1ccccc1. The summed E-state index contributed by atoms with van der Waals surface area (Å²) in [5.41, 5.74) is 3.72. The third-order valence-corrected chi connectivity index (χ3v) is 6.11. The standard InChI is InChI=1S/C24H20N4O2S/c1-16-22(18-10-5-6-11-19(18)25-16)20(29)15-31-24-27-26-23(21-12-7-13-30-21)28(24)14-17-8-3-2-4-9-17/h2-13,25H,14-15H2,1H3. The van der Waals surface area contributed by atoms with Crippen LogP contribution in [0, 0.1) is 6.92 Å². The Hall–Kier alpha value is -3.58. The number of benzene rings is 2. The predicted octanol–water partition coefficient (Wildman–Crippen LogP) is 5.35. The lowest BCUT2D eigenvalue weighted by molar-refractivity contribution is 0.102. The van der Waals surface area contributed by atoms with Crippen molar-refractivity contribution in [3.8, 4) is 11.6 Å². The summed E-state index contributed by atoms with van der Waals surface area (Å²) in [5, 5.41) is 10.3. The van der Waals surface area contributed by atoms with Gasteiger partial charge in [-0.2, -0.15) is 0 Å². The van der Waals surface area contributed by atoms with Gasteiger partial charge in [-0.1, -0.05) is 60.3 Å². The second-order valence-electron chi connectivity index (χ2n) is 7.24. The zero-order chi connectivity index (χ0) is 21.2. The molecule has 3 aromatic heterocycles. The molecule has 0 aliphatic rings. The van der Waals surface area contributed by atoms with Crippen LogP contribution >= 0.6 is 11.8 Å². The van der Waals surface area contributed by atoms with Crippen molar-refractivity contribution < 1.29 is 9.21 Å². The van der Waals surface area contributed by atoms with Gasteiger partial charge in [-0.15, -0.1) is 10.2 Å². The summed E-state index contributed by atoms with van der Waals surface area (Å²) in [5.74, 6) is 1.63. The first kappa shape index (κ1) is 19.4. The van der Waals surface area contributed by atoms with Gasteiger partial charge in [0.2, 0.25) is 5.82 Å². The molecule has 0 aliphatic carbocycles. The highest BCUT2D eigenvalue weighted by atomic mass is 32.2. The number of ketones is 1. The second kappa shape index (κ2) is 8.28. The van der Waals surface area contributed by atoms with Gasteiger partial charge in [0, 0.05) is 22.2 Å². The van der Waals surface area contributed by atoms with E-state index in [0.29, 0.717) is 23.3 Å². The first-order chi connectivity index (χ1) is 15.2. The molecule has 0 fully saturated rings. The van der Waals surface area contributed by atoms with Crippen molar-refractivity contribution in [2.45, 2.75) is 18.6 Å². The van der Waals surface area contributed by atoms with Crippen LogP contribution in [0.5, 0.6) is 0 Å². The molecule has 0 amide bonds. The molecular formula is C24H20N4O2S. The number of nitrogens with zero attached hydrogens (tertiary/aromatic N) is 3. The number of para-hydroxylation sites is 1. The number of hydrogen-bond acceptors (Lipinski definition) is 5. The van der Waals surface area contributed by atoms with E-state index in [4.69, 9.17) is 4.42 Å². The van der Waals surface area contributed by atoms with Crippen LogP contribution in [0.3, 0.4) is 0 Å². The monoisotopic (exact) mass is 428 g/mol. The maximum absolute atomic E-state index is 13.1. The van der Waals surface area contributed by atoms with Gasteiger partial charge in [0.05, 0.1) is 18.6 Å². The molecule has 0 unspecified atom stereocenters. The van der Waals surface area contributed by atoms with Gasteiger partial charge in [-0.05, 0) is 30.7 Å². The fourth-order valence-electron chi connectivity index (χ4n) is 3.73. The maximum Gasteiger partial charge on any atom is 0.200 e. The van der Waals surface area contributed by atoms with Crippen molar-refractivity contribution in [2.75, 3.05) is 5.75 Å². The number of aromatic nitrogens is 4. The predicted molar refractivity (Wildman–Crippen MR) is 121 cm³/mol. The lowest BCUT2D eigenvalue weighted by atomic mass is 10.1. The zero-order valence-electron chi connectivity index (χ0n) is 16.9. The van der Waals surface area contributed by atoms with Crippen molar-refractivity contribution in [2.24, 2.45) is 0 Å². The Balaban J connectivity index is 1.43. The van der Waals surface area contributed by atoms with Gasteiger partial charge in [0.1, 0.15) is 0 Å². The van der Waals surface area contributed by atoms with E-state index >= 15 is 0 Å². The topological polar surface area (TPSA) is 76.7 Å². The number of thioether (sulfide) groups is 1. The smallest absolute Gasteiger partial charge is 0.200 e. The molecule has 0 aliphatic heterocycles. The number of fused-ring (bicyclic) bond motifs is 1. The van der Waals surface area contributed by atoms with Crippen LogP contribution in [0.15, 0.2) is 82.6 Å². The van der Waals surface area contributed by atoms with E-state index < -0.39 is 0 Å². The summed E-state index contributed by atoms with van der Waals surface area (Å²) in [6.45, 7) is 2.53. The van der Waals surface area contributed by atoms with Crippen LogP contribution in [0.1, 0.15) is 21.6 Å². The Morgan fingerprint density at radius 1 is 1.03 bits per heavy atom. The van der Waals surface area contributed by atoms with Gasteiger partial charge in [-0.3, -0.25) is 9.36 Å². The number of rotatable bonds is 7. The molecule has 0 saturated heterocycles. The highest BCUT2D eigenvalue weighted by Gasteiger charge is 2.20. The number of carbonyl (C=O) groups excluding carboxylic acids is 1. The molecule has 0 saturated carbocycles. The Bertz CT molecular complexity index is 1340. The number of Topliss-reactive ketones (excluding diaryl/α,β-unsaturated/α-hetero) is 1. The van der Waals surface area contributed by atoms with E-state index in [9.17, 15) is 4.79 Å². The number of nitrogens with one attached hydrogen (secondary N) is 1. The fourth-order valence-corrected chi connectivity index (χ4v) is 4.54. The number of aromatic amines is 1. The van der Waals surface area contributed by atoms with Crippen LogP contribution in [0.2, 0.25) is 0 Å². The first-order valence-electron chi connectivity index (χ1n) is 9.95. The summed E-state index contributed by atoms with van der Waals surface area (Å²) in [6.07, 6.45) is 1.62. The summed E-state index contributed by atoms with van der Waals surface area (Å²) in [7, 11) is 0. The molecule has 0 atom stereocenters. The normalized spacial score (nSPS) is 11.3. The van der Waals surface area contributed by atoms with Crippen molar-refractivity contribution in [3.63, 3.8) is 0 Å². The number of aryl methyl sites for hydroxylation is 1. The van der Waals surface area contributed by atoms with Crippen LogP contribution in [-0.2, 0) is 6.54 Å². The summed E-state index contributed by atoms with van der Waals surface area (Å²) in [4.78, 5) is 16.4. The average molecular weight is 429 g/mol. The molecule has 0 spiro atoms. The molecule has 31 heavy (non-hydrogen) atoms. The lowest BCUT2D eigenvalue weighted by Gasteiger charge is -2.09. The minimum atomic E-state index is 0.0637. The fraction of sp³-hybridized carbons (Fsp3) is 0.125. The van der Waals surface area contributed by atoms with Crippen molar-refractivity contribution >= 4 is 28.4 Å². The zero-order valence-corrected chi connectivity index (χ0v) is 17.7. The molecule has 5 rings (SSSR count). The number of carbonyl (C=O) groups is 1. The van der Waals surface area contributed by atoms with E-state index in [-0.39, 0.29) is 11.5 Å². The molecule has 1 N–H and O–H groups in total. The van der Waals surface area contributed by atoms with Crippen LogP contribution < -0.4 is 0 Å². The van der Waals surface area contributed by atoms with E-state index in [2.05, 4.69) is 27.3 Å². The Labute approximate surface area is 183 Å². The van der Waals surface area contributed by atoms with Gasteiger partial charge < -0.3 is 9.40 Å². The van der Waals surface area contributed by atoms with Crippen molar-refractivity contribution in [3.05, 3.63) is 89.8 Å². The molecule has 2 aromatic carbocycles. The van der Waals surface area contributed by atoms with E-state index in [0.717, 1.165) is 27.7 Å². The lowest BCUT2D eigenvalue weighted by Crippen LogP contribution is -2.07. The molecule has 154 valence electrons. The highest BCUT2D eigenvalue weighted by Crippen LogP contribution is 2.28. The van der Waals surface area contributed by atoms with Crippen LogP contribution in [0.25, 0.3) is 22.5 Å². The third kappa shape index (κ3) is 3.80. The first-order valence-corrected chi connectivity index (χ1v) is 10.9. The van der Waals surface area contributed by atoms with Gasteiger partial charge >= 0.3 is 0 Å². The summed E-state index contributed by atoms with van der Waals surface area (Å²) < 4.78 is 7.55. The van der Waals surface area contributed by atoms with E-state index in [1.807, 2.05) is 66.1 Å². The maximum atomic E-state index is 13.1. The van der Waals surface area contributed by atoms with Crippen LogP contribution in [-0.4, -0.2) is 31.3 Å². The van der Waals surface area contributed by atoms with E-state index in [1.54, 1.807) is 6.26 Å². The Morgan fingerprint density at radius 3 is 2.65 bits per heavy atom. The van der Waals surface area contributed by atoms with Gasteiger partial charge in [0.15, 0.2) is 16.7 Å². The van der Waals surface area contributed by atoms with E-state index in [1.165, 1.54) is 11.8 Å². The van der Waals surface area contributed by atoms with Crippen LogP contribution in [0.4, 0.5) is 0 Å². The second-order valence-corrected chi connectivity index (χ2v) is 8.18. The molecule has 0 radical (unpaired) electrons. The minimum absolute atomic E-state index is 0.0637. The Kier molecular flexibility index (Phi) is 5.18. The summed E-state index contributed by atoms with van der Waals surface area (Å²) >= 11 is 1.39. The van der Waals surface area contributed by atoms with Crippen molar-refractivity contribution in [1.29, 1.82) is 0 Å². The van der Waals surface area contributed by atoms with Gasteiger partial charge in [0.25, 0.3) is 0 Å². The highest BCUT2D eigenvalue weighted by molar-refractivity contribution is 7.99. The van der Waals surface area contributed by atoms with Crippen molar-refractivity contribution in [1.82, 2.24) is 19.7 Å². The largest absolute Gasteiger partial charge is 0.461 e. The number of hydrogen-bond donors (Lipinski definition) is 1. The molecule has 3 heterocycles. The molecule has 5 aromatic rings. The minimum Gasteiger partial charge on any atom is -0.461 e. The number of furan rings is 1. The quantitative estimate of drug-likeness (QED) is 0.279. The number of H-pyrrole nitrogens is 1. The molecular weight excluding hydrogens is 408 g/mol. The molecule has 6 nitrogen and oxygen atoms in total. The average Bonchev–Trinajstić information content (AvgIpc) is 3.51. The van der Waals surface area contributed by atoms with Gasteiger partial charge in [-0.25, -0.2) is 0 Å². The summed E-state index contributed by atoms with van der Waals surface area (Å²) in [6, 6.07) is 21.7. The Morgan fingerprint density at radius 2 is 1.84 bits per heavy atom. The molecule has 0 bridgehead atoms. The molecule has 7 heteroatoms.